The number of hydrogen-bond acceptors (Lipinski definition) is 2. The maximum Gasteiger partial charge on any atom is 0.176 e. The molecule has 20 heavy (non-hydrogen) atoms. The molecule has 1 heterocycles. The van der Waals surface area contributed by atoms with Crippen molar-refractivity contribution in [2.24, 2.45) is 0 Å². The number of aromatic nitrogens is 2. The molecule has 0 spiro atoms. The molecule has 0 atom stereocenters. The van der Waals surface area contributed by atoms with Crippen LogP contribution >= 0.6 is 11.6 Å². The highest BCUT2D eigenvalue weighted by atomic mass is 35.5. The Morgan fingerprint density at radius 3 is 2.90 bits per heavy atom. The van der Waals surface area contributed by atoms with Crippen LogP contribution in [-0.2, 0) is 6.54 Å². The van der Waals surface area contributed by atoms with E-state index in [0.29, 0.717) is 17.4 Å². The lowest BCUT2D eigenvalue weighted by atomic mass is 10.2. The molecule has 0 unspecified atom stereocenters. The minimum absolute atomic E-state index is 0.249. The quantitative estimate of drug-likeness (QED) is 0.851. The van der Waals surface area contributed by atoms with Crippen LogP contribution in [0.5, 0.6) is 5.75 Å². The van der Waals surface area contributed by atoms with Gasteiger partial charge in [-0.1, -0.05) is 23.7 Å². The molecule has 3 rings (SSSR count). The first-order valence-corrected chi connectivity index (χ1v) is 7.22. The monoisotopic (exact) mass is 294 g/mol. The summed E-state index contributed by atoms with van der Waals surface area (Å²) in [6.45, 7) is 0.435. The molecule has 106 valence electrons. The Labute approximate surface area is 122 Å². The standard InChI is InChI=1S/C15H16ClFN2O/c16-15-14(20-13-6-1-2-7-13)9-18-19(15)10-11-4-3-5-12(17)8-11/h3-5,8-9,13H,1-2,6-7,10H2. The van der Waals surface area contributed by atoms with E-state index in [4.69, 9.17) is 16.3 Å². The Bertz CT molecular complexity index is 593. The fourth-order valence-electron chi connectivity index (χ4n) is 2.54. The number of halogens is 2. The summed E-state index contributed by atoms with van der Waals surface area (Å²) in [5.74, 6) is 0.364. The lowest BCUT2D eigenvalue weighted by Gasteiger charge is -2.11. The average Bonchev–Trinajstić information content (AvgIpc) is 3.04. The van der Waals surface area contributed by atoms with Crippen LogP contribution < -0.4 is 4.74 Å². The van der Waals surface area contributed by atoms with Crippen molar-refractivity contribution in [1.82, 2.24) is 9.78 Å². The van der Waals surface area contributed by atoms with Gasteiger partial charge in [0.05, 0.1) is 18.8 Å². The summed E-state index contributed by atoms with van der Waals surface area (Å²) >= 11 is 6.27. The summed E-state index contributed by atoms with van der Waals surface area (Å²) < 4.78 is 20.6. The number of rotatable bonds is 4. The maximum atomic E-state index is 13.2. The predicted octanol–water partition coefficient (Wildman–Crippen LogP) is 4.05. The first-order chi connectivity index (χ1) is 9.72. The Morgan fingerprint density at radius 2 is 2.15 bits per heavy atom. The van der Waals surface area contributed by atoms with Crippen LogP contribution in [-0.4, -0.2) is 15.9 Å². The van der Waals surface area contributed by atoms with Gasteiger partial charge in [-0.3, -0.25) is 0 Å². The van der Waals surface area contributed by atoms with E-state index in [-0.39, 0.29) is 11.9 Å². The topological polar surface area (TPSA) is 27.1 Å². The molecule has 1 saturated carbocycles. The lowest BCUT2D eigenvalue weighted by Crippen LogP contribution is -2.11. The Hall–Kier alpha value is -1.55. The van der Waals surface area contributed by atoms with E-state index in [0.717, 1.165) is 18.4 Å². The molecule has 5 heteroatoms. The van der Waals surface area contributed by atoms with Crippen LogP contribution in [0.3, 0.4) is 0 Å². The van der Waals surface area contributed by atoms with Crippen LogP contribution in [0.4, 0.5) is 4.39 Å². The normalized spacial score (nSPS) is 15.7. The van der Waals surface area contributed by atoms with Crippen LogP contribution in [0.15, 0.2) is 30.5 Å². The first-order valence-electron chi connectivity index (χ1n) is 6.85. The fourth-order valence-corrected chi connectivity index (χ4v) is 2.73. The van der Waals surface area contributed by atoms with Gasteiger partial charge in [0.15, 0.2) is 10.9 Å². The van der Waals surface area contributed by atoms with Gasteiger partial charge in [-0.25, -0.2) is 9.07 Å². The second-order valence-corrected chi connectivity index (χ2v) is 5.47. The Morgan fingerprint density at radius 1 is 1.35 bits per heavy atom. The number of hydrogen-bond donors (Lipinski definition) is 0. The molecule has 2 aromatic rings. The molecule has 1 aromatic carbocycles. The molecule has 0 N–H and O–H groups in total. The highest BCUT2D eigenvalue weighted by Gasteiger charge is 2.19. The molecule has 0 aliphatic heterocycles. The third kappa shape index (κ3) is 2.96. The molecule has 0 radical (unpaired) electrons. The first kappa shape index (κ1) is 13.4. The van der Waals surface area contributed by atoms with Crippen LogP contribution in [0.25, 0.3) is 0 Å². The zero-order chi connectivity index (χ0) is 13.9. The molecule has 3 nitrogen and oxygen atoms in total. The maximum absolute atomic E-state index is 13.2. The molecule has 1 aliphatic carbocycles. The van der Waals surface area contributed by atoms with E-state index < -0.39 is 0 Å². The number of benzene rings is 1. The van der Waals surface area contributed by atoms with E-state index >= 15 is 0 Å². The molecule has 1 aromatic heterocycles. The van der Waals surface area contributed by atoms with Gasteiger partial charge in [-0.05, 0) is 43.4 Å². The summed E-state index contributed by atoms with van der Waals surface area (Å²) in [5.41, 5.74) is 0.822. The molecular formula is C15H16ClFN2O. The van der Waals surface area contributed by atoms with Crippen molar-refractivity contribution >= 4 is 11.6 Å². The van der Waals surface area contributed by atoms with Crippen molar-refractivity contribution in [2.75, 3.05) is 0 Å². The zero-order valence-corrected chi connectivity index (χ0v) is 11.8. The van der Waals surface area contributed by atoms with Crippen LogP contribution in [0.1, 0.15) is 31.2 Å². The van der Waals surface area contributed by atoms with Gasteiger partial charge in [0.25, 0.3) is 0 Å². The molecule has 1 aliphatic rings. The van der Waals surface area contributed by atoms with E-state index in [1.165, 1.54) is 25.0 Å². The lowest BCUT2D eigenvalue weighted by molar-refractivity contribution is 0.210. The molecule has 0 amide bonds. The predicted molar refractivity (Wildman–Crippen MR) is 75.6 cm³/mol. The third-order valence-electron chi connectivity index (χ3n) is 3.56. The van der Waals surface area contributed by atoms with E-state index in [1.54, 1.807) is 16.9 Å². The van der Waals surface area contributed by atoms with Crippen molar-refractivity contribution in [3.05, 3.63) is 47.0 Å². The highest BCUT2D eigenvalue weighted by molar-refractivity contribution is 6.31. The fraction of sp³-hybridized carbons (Fsp3) is 0.400. The van der Waals surface area contributed by atoms with Gasteiger partial charge in [0.2, 0.25) is 0 Å². The largest absolute Gasteiger partial charge is 0.486 e. The summed E-state index contributed by atoms with van der Waals surface area (Å²) in [6, 6.07) is 6.43. The second kappa shape index (κ2) is 5.83. The van der Waals surface area contributed by atoms with E-state index in [1.807, 2.05) is 6.07 Å². The van der Waals surface area contributed by atoms with Crippen molar-refractivity contribution in [3.63, 3.8) is 0 Å². The van der Waals surface area contributed by atoms with Crippen molar-refractivity contribution in [1.29, 1.82) is 0 Å². The average molecular weight is 295 g/mol. The summed E-state index contributed by atoms with van der Waals surface area (Å²) in [4.78, 5) is 0. The van der Waals surface area contributed by atoms with Gasteiger partial charge in [0.1, 0.15) is 5.82 Å². The van der Waals surface area contributed by atoms with Crippen molar-refractivity contribution in [2.45, 2.75) is 38.3 Å². The molecule has 0 saturated heterocycles. The molecule has 1 fully saturated rings. The minimum Gasteiger partial charge on any atom is -0.486 e. The van der Waals surface area contributed by atoms with Crippen molar-refractivity contribution < 1.29 is 9.13 Å². The van der Waals surface area contributed by atoms with Gasteiger partial charge >= 0.3 is 0 Å². The van der Waals surface area contributed by atoms with E-state index in [2.05, 4.69) is 5.10 Å². The highest BCUT2D eigenvalue weighted by Crippen LogP contribution is 2.29. The minimum atomic E-state index is -0.256. The van der Waals surface area contributed by atoms with Crippen molar-refractivity contribution in [3.8, 4) is 5.75 Å². The van der Waals surface area contributed by atoms with Gasteiger partial charge in [-0.15, -0.1) is 0 Å². The van der Waals surface area contributed by atoms with Crippen LogP contribution in [0, 0.1) is 5.82 Å². The second-order valence-electron chi connectivity index (χ2n) is 5.11. The SMILES string of the molecule is Fc1cccc(Cn2ncc(OC3CCCC3)c2Cl)c1. The number of nitrogens with zero attached hydrogens (tertiary/aromatic N) is 2. The summed E-state index contributed by atoms with van der Waals surface area (Å²) in [6.07, 6.45) is 6.45. The summed E-state index contributed by atoms with van der Waals surface area (Å²) in [7, 11) is 0. The van der Waals surface area contributed by atoms with Gasteiger partial charge < -0.3 is 4.74 Å². The smallest absolute Gasteiger partial charge is 0.176 e. The van der Waals surface area contributed by atoms with E-state index in [9.17, 15) is 4.39 Å². The van der Waals surface area contributed by atoms with Gasteiger partial charge in [-0.2, -0.15) is 5.10 Å². The Balaban J connectivity index is 1.72. The third-order valence-corrected chi connectivity index (χ3v) is 3.94. The van der Waals surface area contributed by atoms with Crippen LogP contribution in [0.2, 0.25) is 5.15 Å². The summed E-state index contributed by atoms with van der Waals surface area (Å²) in [5, 5.41) is 4.69. The van der Waals surface area contributed by atoms with Gasteiger partial charge in [0, 0.05) is 0 Å². The molecular weight excluding hydrogens is 279 g/mol. The molecule has 0 bridgehead atoms. The number of ether oxygens (including phenoxy) is 1. The Kier molecular flexibility index (Phi) is 3.92. The zero-order valence-electron chi connectivity index (χ0n) is 11.1.